The SMILES string of the molecule is CCOc1nc(OCC)c2ccc3ncnc4ccc1c2c43. The van der Waals surface area contributed by atoms with Crippen molar-refractivity contribution in [3.05, 3.63) is 30.6 Å². The zero-order valence-electron chi connectivity index (χ0n) is 12.5. The molecule has 2 aromatic heterocycles. The Morgan fingerprint density at radius 2 is 1.32 bits per heavy atom. The summed E-state index contributed by atoms with van der Waals surface area (Å²) in [5, 5.41) is 4.01. The first-order valence-corrected chi connectivity index (χ1v) is 7.38. The quantitative estimate of drug-likeness (QED) is 0.538. The van der Waals surface area contributed by atoms with E-state index >= 15 is 0 Å². The highest BCUT2D eigenvalue weighted by Crippen LogP contribution is 2.40. The normalized spacial score (nSPS) is 11.5. The fourth-order valence-electron chi connectivity index (χ4n) is 2.89. The first-order valence-electron chi connectivity index (χ1n) is 7.38. The summed E-state index contributed by atoms with van der Waals surface area (Å²) >= 11 is 0. The molecule has 5 heteroatoms. The molecule has 4 aromatic rings. The van der Waals surface area contributed by atoms with Crippen molar-refractivity contribution in [1.29, 1.82) is 0 Å². The Hall–Kier alpha value is -2.69. The third-order valence-corrected chi connectivity index (χ3v) is 3.74. The molecular formula is C17H15N3O2. The van der Waals surface area contributed by atoms with Crippen molar-refractivity contribution in [2.24, 2.45) is 0 Å². The van der Waals surface area contributed by atoms with E-state index in [2.05, 4.69) is 15.0 Å². The molecule has 0 fully saturated rings. The Morgan fingerprint density at radius 3 is 1.82 bits per heavy atom. The second-order valence-corrected chi connectivity index (χ2v) is 4.98. The molecule has 4 rings (SSSR count). The van der Waals surface area contributed by atoms with Crippen LogP contribution in [0.2, 0.25) is 0 Å². The number of hydrogen-bond acceptors (Lipinski definition) is 5. The molecule has 0 aliphatic heterocycles. The maximum absolute atomic E-state index is 5.72. The van der Waals surface area contributed by atoms with Gasteiger partial charge in [-0.3, -0.25) is 0 Å². The lowest BCUT2D eigenvalue weighted by Crippen LogP contribution is -2.02. The summed E-state index contributed by atoms with van der Waals surface area (Å²) in [5.41, 5.74) is 1.83. The lowest BCUT2D eigenvalue weighted by Gasteiger charge is -2.15. The summed E-state index contributed by atoms with van der Waals surface area (Å²) in [7, 11) is 0. The van der Waals surface area contributed by atoms with E-state index in [4.69, 9.17) is 9.47 Å². The van der Waals surface area contributed by atoms with E-state index in [9.17, 15) is 0 Å². The molecule has 0 N–H and O–H groups in total. The molecule has 5 nitrogen and oxygen atoms in total. The van der Waals surface area contributed by atoms with E-state index in [-0.39, 0.29) is 0 Å². The smallest absolute Gasteiger partial charge is 0.224 e. The van der Waals surface area contributed by atoms with Crippen molar-refractivity contribution in [3.63, 3.8) is 0 Å². The standard InChI is InChI=1S/C17H15N3O2/c1-3-21-16-10-5-7-12-15-13(19-9-18-12)8-6-11(14(10)15)17(20-16)22-4-2/h5-9H,3-4H2,1-2H3. The number of ether oxygens (including phenoxy) is 2. The number of benzene rings is 2. The Bertz CT molecular complexity index is 897. The summed E-state index contributed by atoms with van der Waals surface area (Å²) in [6.45, 7) is 5.00. The Labute approximate surface area is 127 Å². The Balaban J connectivity index is 2.22. The molecule has 0 radical (unpaired) electrons. The van der Waals surface area contributed by atoms with Crippen LogP contribution in [0.4, 0.5) is 0 Å². The molecule has 0 aliphatic carbocycles. The highest BCUT2D eigenvalue weighted by molar-refractivity contribution is 6.23. The minimum atomic E-state index is 0.555. The fourth-order valence-corrected chi connectivity index (χ4v) is 2.89. The van der Waals surface area contributed by atoms with Crippen LogP contribution in [0, 0.1) is 0 Å². The first kappa shape index (κ1) is 13.0. The average molecular weight is 293 g/mol. The monoisotopic (exact) mass is 293 g/mol. The molecule has 0 amide bonds. The molecule has 0 spiro atoms. The van der Waals surface area contributed by atoms with Gasteiger partial charge in [-0.25, -0.2) is 9.97 Å². The van der Waals surface area contributed by atoms with Crippen molar-refractivity contribution in [2.75, 3.05) is 13.2 Å². The Kier molecular flexibility index (Phi) is 2.92. The molecule has 0 atom stereocenters. The third kappa shape index (κ3) is 1.75. The minimum absolute atomic E-state index is 0.555. The van der Waals surface area contributed by atoms with Crippen LogP contribution in [0.25, 0.3) is 32.6 Å². The summed E-state index contributed by atoms with van der Waals surface area (Å²) in [5.74, 6) is 1.19. The topological polar surface area (TPSA) is 57.1 Å². The maximum Gasteiger partial charge on any atom is 0.224 e. The van der Waals surface area contributed by atoms with Crippen LogP contribution in [0.5, 0.6) is 11.8 Å². The average Bonchev–Trinajstić information content (AvgIpc) is 2.55. The molecular weight excluding hydrogens is 278 g/mol. The van der Waals surface area contributed by atoms with Crippen LogP contribution in [-0.4, -0.2) is 28.2 Å². The van der Waals surface area contributed by atoms with Crippen molar-refractivity contribution >= 4 is 32.6 Å². The number of hydrogen-bond donors (Lipinski definition) is 0. The van der Waals surface area contributed by atoms with E-state index in [0.29, 0.717) is 25.0 Å². The van der Waals surface area contributed by atoms with E-state index in [1.54, 1.807) is 6.33 Å². The number of rotatable bonds is 4. The molecule has 110 valence electrons. The van der Waals surface area contributed by atoms with Crippen molar-refractivity contribution < 1.29 is 9.47 Å². The van der Waals surface area contributed by atoms with Crippen molar-refractivity contribution in [3.8, 4) is 11.8 Å². The summed E-state index contributed by atoms with van der Waals surface area (Å²) < 4.78 is 11.4. The van der Waals surface area contributed by atoms with Gasteiger partial charge in [0.05, 0.1) is 24.2 Å². The van der Waals surface area contributed by atoms with Crippen LogP contribution in [0.1, 0.15) is 13.8 Å². The van der Waals surface area contributed by atoms with Crippen molar-refractivity contribution in [1.82, 2.24) is 15.0 Å². The second-order valence-electron chi connectivity index (χ2n) is 4.98. The van der Waals surface area contributed by atoms with E-state index in [0.717, 1.165) is 32.6 Å². The zero-order chi connectivity index (χ0) is 15.1. The van der Waals surface area contributed by atoms with Gasteiger partial charge in [-0.1, -0.05) is 0 Å². The Morgan fingerprint density at radius 1 is 0.773 bits per heavy atom. The van der Waals surface area contributed by atoms with E-state index in [1.807, 2.05) is 38.1 Å². The van der Waals surface area contributed by atoms with E-state index in [1.165, 1.54) is 0 Å². The van der Waals surface area contributed by atoms with Gasteiger partial charge < -0.3 is 9.47 Å². The van der Waals surface area contributed by atoms with Gasteiger partial charge >= 0.3 is 0 Å². The zero-order valence-corrected chi connectivity index (χ0v) is 12.5. The van der Waals surface area contributed by atoms with Crippen LogP contribution in [0.15, 0.2) is 30.6 Å². The molecule has 0 saturated carbocycles. The molecule has 2 heterocycles. The molecule has 0 aliphatic rings. The lowest BCUT2D eigenvalue weighted by molar-refractivity contribution is 0.305. The van der Waals surface area contributed by atoms with Gasteiger partial charge in [-0.15, -0.1) is 0 Å². The maximum atomic E-state index is 5.72. The minimum Gasteiger partial charge on any atom is -0.477 e. The number of aromatic nitrogens is 3. The number of nitrogens with zero attached hydrogens (tertiary/aromatic N) is 3. The molecule has 0 unspecified atom stereocenters. The third-order valence-electron chi connectivity index (χ3n) is 3.74. The predicted octanol–water partition coefficient (Wildman–Crippen LogP) is 3.57. The molecule has 2 aromatic carbocycles. The summed E-state index contributed by atoms with van der Waals surface area (Å²) in [4.78, 5) is 13.3. The number of pyridine rings is 1. The van der Waals surface area contributed by atoms with Crippen LogP contribution in [0.3, 0.4) is 0 Å². The highest BCUT2D eigenvalue weighted by Gasteiger charge is 2.17. The highest BCUT2D eigenvalue weighted by atomic mass is 16.5. The molecule has 0 bridgehead atoms. The van der Waals surface area contributed by atoms with E-state index < -0.39 is 0 Å². The van der Waals surface area contributed by atoms with Gasteiger partial charge in [0, 0.05) is 21.5 Å². The lowest BCUT2D eigenvalue weighted by atomic mass is 10.0. The van der Waals surface area contributed by atoms with Gasteiger partial charge in [0.1, 0.15) is 6.33 Å². The molecule has 0 saturated heterocycles. The van der Waals surface area contributed by atoms with Gasteiger partial charge in [0.15, 0.2) is 0 Å². The fraction of sp³-hybridized carbons (Fsp3) is 0.235. The summed E-state index contributed by atoms with van der Waals surface area (Å²) in [6, 6.07) is 7.97. The second kappa shape index (κ2) is 4.94. The first-order chi connectivity index (χ1) is 10.8. The molecule has 22 heavy (non-hydrogen) atoms. The van der Waals surface area contributed by atoms with Gasteiger partial charge in [0.25, 0.3) is 0 Å². The van der Waals surface area contributed by atoms with Crippen LogP contribution < -0.4 is 9.47 Å². The van der Waals surface area contributed by atoms with Crippen molar-refractivity contribution in [2.45, 2.75) is 13.8 Å². The predicted molar refractivity (Wildman–Crippen MR) is 85.9 cm³/mol. The van der Waals surface area contributed by atoms with Gasteiger partial charge in [-0.05, 0) is 38.1 Å². The largest absolute Gasteiger partial charge is 0.477 e. The van der Waals surface area contributed by atoms with Crippen LogP contribution in [-0.2, 0) is 0 Å². The van der Waals surface area contributed by atoms with Gasteiger partial charge in [-0.2, -0.15) is 4.98 Å². The van der Waals surface area contributed by atoms with Gasteiger partial charge in [0.2, 0.25) is 11.8 Å². The summed E-state index contributed by atoms with van der Waals surface area (Å²) in [6.07, 6.45) is 1.59. The van der Waals surface area contributed by atoms with Crippen LogP contribution >= 0.6 is 0 Å².